The molecule has 2 aromatic rings. The number of imidazole rings is 1. The number of carbonyl (C=O) groups is 1. The van der Waals surface area contributed by atoms with E-state index in [0.717, 1.165) is 24.2 Å². The first-order valence-corrected chi connectivity index (χ1v) is 5.34. The van der Waals surface area contributed by atoms with Crippen molar-refractivity contribution in [3.8, 4) is 0 Å². The molecule has 2 heterocycles. The van der Waals surface area contributed by atoms with Crippen LogP contribution in [0.1, 0.15) is 18.5 Å². The molecule has 16 heavy (non-hydrogen) atoms. The first-order valence-electron chi connectivity index (χ1n) is 5.34. The monoisotopic (exact) mass is 216 g/mol. The molecule has 0 atom stereocenters. The Balaban J connectivity index is 1.89. The van der Waals surface area contributed by atoms with E-state index in [0.29, 0.717) is 5.82 Å². The maximum atomic E-state index is 11.5. The summed E-state index contributed by atoms with van der Waals surface area (Å²) in [7, 11) is 0. The molecule has 0 unspecified atom stereocenters. The SMILES string of the molecule is Cc1cn2cc(NC(=O)C3CC3)nc2cn1. The minimum absolute atomic E-state index is 0.0769. The topological polar surface area (TPSA) is 59.3 Å². The number of nitrogens with zero attached hydrogens (tertiary/aromatic N) is 3. The van der Waals surface area contributed by atoms with E-state index >= 15 is 0 Å². The summed E-state index contributed by atoms with van der Waals surface area (Å²) in [6, 6.07) is 0. The van der Waals surface area contributed by atoms with Gasteiger partial charge < -0.3 is 9.72 Å². The van der Waals surface area contributed by atoms with Gasteiger partial charge in [0, 0.05) is 12.1 Å². The van der Waals surface area contributed by atoms with E-state index in [9.17, 15) is 4.79 Å². The third-order valence-corrected chi connectivity index (χ3v) is 2.67. The van der Waals surface area contributed by atoms with Gasteiger partial charge in [-0.1, -0.05) is 0 Å². The smallest absolute Gasteiger partial charge is 0.228 e. The van der Waals surface area contributed by atoms with Gasteiger partial charge in [-0.05, 0) is 19.8 Å². The Morgan fingerprint density at radius 1 is 1.50 bits per heavy atom. The predicted molar refractivity (Wildman–Crippen MR) is 59.1 cm³/mol. The second kappa shape index (κ2) is 3.30. The van der Waals surface area contributed by atoms with Crippen LogP contribution in [0.15, 0.2) is 18.6 Å². The third-order valence-electron chi connectivity index (χ3n) is 2.67. The van der Waals surface area contributed by atoms with Crippen molar-refractivity contribution in [1.29, 1.82) is 0 Å². The molecule has 0 saturated heterocycles. The number of hydrogen-bond donors (Lipinski definition) is 1. The largest absolute Gasteiger partial charge is 0.309 e. The average Bonchev–Trinajstić information content (AvgIpc) is 3.00. The maximum Gasteiger partial charge on any atom is 0.228 e. The van der Waals surface area contributed by atoms with Gasteiger partial charge in [0.2, 0.25) is 5.91 Å². The summed E-state index contributed by atoms with van der Waals surface area (Å²) in [4.78, 5) is 20.0. The second-order valence-electron chi connectivity index (χ2n) is 4.18. The summed E-state index contributed by atoms with van der Waals surface area (Å²) < 4.78 is 1.87. The van der Waals surface area contributed by atoms with Crippen LogP contribution < -0.4 is 5.32 Å². The average molecular weight is 216 g/mol. The number of aromatic nitrogens is 3. The first-order chi connectivity index (χ1) is 7.72. The van der Waals surface area contributed by atoms with Crippen molar-refractivity contribution in [2.45, 2.75) is 19.8 Å². The highest BCUT2D eigenvalue weighted by atomic mass is 16.2. The highest BCUT2D eigenvalue weighted by Gasteiger charge is 2.29. The number of amides is 1. The van der Waals surface area contributed by atoms with Gasteiger partial charge in [0.15, 0.2) is 11.5 Å². The molecule has 0 radical (unpaired) electrons. The number of carbonyl (C=O) groups excluding carboxylic acids is 1. The number of anilines is 1. The zero-order valence-electron chi connectivity index (χ0n) is 8.97. The fraction of sp³-hybridized carbons (Fsp3) is 0.364. The van der Waals surface area contributed by atoms with E-state index in [4.69, 9.17) is 0 Å². The molecule has 1 aliphatic rings. The minimum atomic E-state index is 0.0769. The highest BCUT2D eigenvalue weighted by Crippen LogP contribution is 2.30. The second-order valence-corrected chi connectivity index (χ2v) is 4.18. The van der Waals surface area contributed by atoms with Crippen molar-refractivity contribution in [2.75, 3.05) is 5.32 Å². The van der Waals surface area contributed by atoms with E-state index in [1.54, 1.807) is 6.20 Å². The molecule has 1 amide bonds. The Hall–Kier alpha value is -1.91. The van der Waals surface area contributed by atoms with Gasteiger partial charge in [-0.3, -0.25) is 9.78 Å². The van der Waals surface area contributed by atoms with Crippen LogP contribution in [0.3, 0.4) is 0 Å². The van der Waals surface area contributed by atoms with Gasteiger partial charge in [0.1, 0.15) is 0 Å². The van der Waals surface area contributed by atoms with Gasteiger partial charge in [-0.15, -0.1) is 0 Å². The van der Waals surface area contributed by atoms with E-state index in [2.05, 4.69) is 15.3 Å². The van der Waals surface area contributed by atoms with Crippen molar-refractivity contribution < 1.29 is 4.79 Å². The van der Waals surface area contributed by atoms with Crippen LogP contribution in [0.4, 0.5) is 5.82 Å². The van der Waals surface area contributed by atoms with Crippen LogP contribution in [0.2, 0.25) is 0 Å². The van der Waals surface area contributed by atoms with E-state index in [-0.39, 0.29) is 11.8 Å². The molecule has 5 heteroatoms. The minimum Gasteiger partial charge on any atom is -0.309 e. The Bertz CT molecular complexity index is 556. The van der Waals surface area contributed by atoms with Gasteiger partial charge in [-0.25, -0.2) is 4.98 Å². The number of hydrogen-bond acceptors (Lipinski definition) is 3. The fourth-order valence-electron chi connectivity index (χ4n) is 1.64. The molecule has 5 nitrogen and oxygen atoms in total. The van der Waals surface area contributed by atoms with Gasteiger partial charge in [-0.2, -0.15) is 0 Å². The molecule has 0 aromatic carbocycles. The standard InChI is InChI=1S/C11H12N4O/c1-7-5-15-6-9(13-10(15)4-12-7)14-11(16)8-2-3-8/h4-6,8H,2-3H2,1H3,(H,14,16). The molecular weight excluding hydrogens is 204 g/mol. The summed E-state index contributed by atoms with van der Waals surface area (Å²) in [5, 5.41) is 2.81. The van der Waals surface area contributed by atoms with Gasteiger partial charge in [0.05, 0.1) is 18.1 Å². The summed E-state index contributed by atoms with van der Waals surface area (Å²) >= 11 is 0. The molecule has 3 rings (SSSR count). The first kappa shape index (κ1) is 9.33. The van der Waals surface area contributed by atoms with Crippen LogP contribution in [0.25, 0.3) is 5.65 Å². The van der Waals surface area contributed by atoms with E-state index < -0.39 is 0 Å². The molecule has 0 spiro atoms. The lowest BCUT2D eigenvalue weighted by molar-refractivity contribution is -0.117. The molecule has 1 saturated carbocycles. The van der Waals surface area contributed by atoms with E-state index in [1.165, 1.54) is 0 Å². The molecule has 2 aromatic heterocycles. The van der Waals surface area contributed by atoms with Crippen molar-refractivity contribution in [3.05, 3.63) is 24.3 Å². The zero-order chi connectivity index (χ0) is 11.1. The number of nitrogens with one attached hydrogen (secondary N) is 1. The van der Waals surface area contributed by atoms with Crippen molar-refractivity contribution >= 4 is 17.4 Å². The predicted octanol–water partition coefficient (Wildman–Crippen LogP) is 1.39. The van der Waals surface area contributed by atoms with Crippen molar-refractivity contribution in [1.82, 2.24) is 14.4 Å². The maximum absolute atomic E-state index is 11.5. The summed E-state index contributed by atoms with van der Waals surface area (Å²) in [5.41, 5.74) is 1.67. The number of rotatable bonds is 2. The molecule has 1 N–H and O–H groups in total. The molecule has 0 aliphatic heterocycles. The van der Waals surface area contributed by atoms with Crippen LogP contribution in [-0.2, 0) is 4.79 Å². The van der Waals surface area contributed by atoms with E-state index in [1.807, 2.05) is 23.7 Å². The lowest BCUT2D eigenvalue weighted by Crippen LogP contribution is -2.13. The molecule has 82 valence electrons. The quantitative estimate of drug-likeness (QED) is 0.825. The number of fused-ring (bicyclic) bond motifs is 1. The summed E-state index contributed by atoms with van der Waals surface area (Å²) in [5.74, 6) is 0.877. The Kier molecular flexibility index (Phi) is 1.92. The van der Waals surface area contributed by atoms with Gasteiger partial charge in [0.25, 0.3) is 0 Å². The van der Waals surface area contributed by atoms with Gasteiger partial charge >= 0.3 is 0 Å². The normalized spacial score (nSPS) is 15.3. The summed E-state index contributed by atoms with van der Waals surface area (Å²) in [6.45, 7) is 1.92. The third kappa shape index (κ3) is 1.64. The van der Waals surface area contributed by atoms with Crippen molar-refractivity contribution in [2.24, 2.45) is 5.92 Å². The molecular formula is C11H12N4O. The Morgan fingerprint density at radius 3 is 3.06 bits per heavy atom. The zero-order valence-corrected chi connectivity index (χ0v) is 8.97. The van der Waals surface area contributed by atoms with Crippen LogP contribution in [-0.4, -0.2) is 20.3 Å². The van der Waals surface area contributed by atoms with Crippen LogP contribution >= 0.6 is 0 Å². The summed E-state index contributed by atoms with van der Waals surface area (Å²) in [6.07, 6.45) is 7.39. The lowest BCUT2D eigenvalue weighted by Gasteiger charge is -1.97. The highest BCUT2D eigenvalue weighted by molar-refractivity contribution is 5.93. The molecule has 1 fully saturated rings. The number of aryl methyl sites for hydroxylation is 1. The lowest BCUT2D eigenvalue weighted by atomic mass is 10.4. The Labute approximate surface area is 92.5 Å². The Morgan fingerprint density at radius 2 is 2.31 bits per heavy atom. The van der Waals surface area contributed by atoms with Crippen LogP contribution in [0, 0.1) is 12.8 Å². The van der Waals surface area contributed by atoms with Crippen LogP contribution in [0.5, 0.6) is 0 Å². The fourth-order valence-corrected chi connectivity index (χ4v) is 1.64. The molecule has 0 bridgehead atoms. The molecule has 1 aliphatic carbocycles. The van der Waals surface area contributed by atoms with Crippen molar-refractivity contribution in [3.63, 3.8) is 0 Å².